The van der Waals surface area contributed by atoms with Crippen molar-refractivity contribution in [1.82, 2.24) is 4.90 Å². The lowest BCUT2D eigenvalue weighted by molar-refractivity contribution is 0.0250. The van der Waals surface area contributed by atoms with Crippen molar-refractivity contribution in [3.05, 3.63) is 69.2 Å². The van der Waals surface area contributed by atoms with Gasteiger partial charge in [0.05, 0.1) is 22.8 Å². The monoisotopic (exact) mass is 333 g/mol. The number of halogens is 2. The Kier molecular flexibility index (Phi) is 3.87. The lowest BCUT2D eigenvalue weighted by Crippen LogP contribution is -2.27. The minimum absolute atomic E-state index is 0.258. The molecular weight excluding hydrogens is 317 g/mol. The molecule has 0 bridgehead atoms. The fraction of sp³-hybridized carbons (Fsp3) is 0.333. The molecule has 4 rings (SSSR count). The third-order valence-corrected chi connectivity index (χ3v) is 5.51. The fourth-order valence-electron chi connectivity index (χ4n) is 3.58. The summed E-state index contributed by atoms with van der Waals surface area (Å²) in [4.78, 5) is 2.46. The molecule has 22 heavy (non-hydrogen) atoms. The minimum atomic E-state index is 0.258. The summed E-state index contributed by atoms with van der Waals surface area (Å²) in [6.45, 7) is 3.51. The highest BCUT2D eigenvalue weighted by Gasteiger charge is 2.39. The predicted molar refractivity (Wildman–Crippen MR) is 89.5 cm³/mol. The topological polar surface area (TPSA) is 12.5 Å². The highest BCUT2D eigenvalue weighted by Crippen LogP contribution is 2.41. The lowest BCUT2D eigenvalue weighted by Gasteiger charge is -2.28. The quantitative estimate of drug-likeness (QED) is 0.802. The average molecular weight is 334 g/mol. The molecule has 2 aromatic rings. The molecule has 0 unspecified atom stereocenters. The van der Waals surface area contributed by atoms with Crippen molar-refractivity contribution in [3.63, 3.8) is 0 Å². The van der Waals surface area contributed by atoms with Crippen LogP contribution in [0.3, 0.4) is 0 Å². The molecule has 2 aliphatic heterocycles. The van der Waals surface area contributed by atoms with Gasteiger partial charge in [0.15, 0.2) is 0 Å². The van der Waals surface area contributed by atoms with Crippen molar-refractivity contribution in [3.8, 4) is 0 Å². The maximum absolute atomic E-state index is 6.34. The van der Waals surface area contributed by atoms with Gasteiger partial charge in [0.2, 0.25) is 0 Å². The fourth-order valence-corrected chi connectivity index (χ4v) is 3.99. The molecule has 2 aliphatic rings. The zero-order valence-electron chi connectivity index (χ0n) is 12.1. The molecule has 0 aromatic heterocycles. The van der Waals surface area contributed by atoms with E-state index in [-0.39, 0.29) is 6.10 Å². The molecule has 2 heterocycles. The first-order valence-corrected chi connectivity index (χ1v) is 8.32. The Morgan fingerprint density at radius 2 is 1.86 bits per heavy atom. The summed E-state index contributed by atoms with van der Waals surface area (Å²) in [5, 5.41) is 1.26. The second-order valence-corrected chi connectivity index (χ2v) is 6.85. The SMILES string of the molecule is Clc1ccc2c(c1Cl)CO[C@H]1CN(Cc3ccccc3)C[C@@H]21. The number of hydrogen-bond acceptors (Lipinski definition) is 2. The smallest absolute Gasteiger partial charge is 0.0787 e. The van der Waals surface area contributed by atoms with Gasteiger partial charge in [0.1, 0.15) is 0 Å². The standard InChI is InChI=1S/C18H17Cl2NO/c19-16-7-6-13-14-9-21(8-12-4-2-1-3-5-12)10-17(14)22-11-15(13)18(16)20/h1-7,14,17H,8-11H2/t14-,17-/m0/s1. The number of likely N-dealkylation sites (tertiary alicyclic amines) is 1. The van der Waals surface area contributed by atoms with Crippen LogP contribution < -0.4 is 0 Å². The Hall–Kier alpha value is -1.06. The van der Waals surface area contributed by atoms with E-state index >= 15 is 0 Å². The van der Waals surface area contributed by atoms with Gasteiger partial charge in [-0.25, -0.2) is 0 Å². The second-order valence-electron chi connectivity index (χ2n) is 6.06. The van der Waals surface area contributed by atoms with Crippen LogP contribution in [0.2, 0.25) is 10.0 Å². The summed E-state index contributed by atoms with van der Waals surface area (Å²) < 4.78 is 6.05. The highest BCUT2D eigenvalue weighted by molar-refractivity contribution is 6.42. The molecule has 4 heteroatoms. The number of benzene rings is 2. The predicted octanol–water partition coefficient (Wildman–Crippen LogP) is 4.49. The van der Waals surface area contributed by atoms with Crippen LogP contribution in [0.25, 0.3) is 0 Å². The van der Waals surface area contributed by atoms with E-state index in [0.29, 0.717) is 22.6 Å². The zero-order valence-corrected chi connectivity index (χ0v) is 13.6. The molecule has 0 saturated carbocycles. The van der Waals surface area contributed by atoms with Crippen molar-refractivity contribution in [2.75, 3.05) is 13.1 Å². The van der Waals surface area contributed by atoms with Gasteiger partial charge in [-0.3, -0.25) is 4.90 Å². The minimum Gasteiger partial charge on any atom is -0.371 e. The van der Waals surface area contributed by atoms with Gasteiger partial charge in [-0.1, -0.05) is 59.6 Å². The van der Waals surface area contributed by atoms with E-state index in [0.717, 1.165) is 25.2 Å². The Morgan fingerprint density at radius 1 is 1.05 bits per heavy atom. The Bertz CT molecular complexity index is 689. The van der Waals surface area contributed by atoms with Gasteiger partial charge >= 0.3 is 0 Å². The molecule has 2 atom stereocenters. The van der Waals surface area contributed by atoms with Crippen LogP contribution in [0, 0.1) is 0 Å². The van der Waals surface area contributed by atoms with Crippen LogP contribution in [0.15, 0.2) is 42.5 Å². The van der Waals surface area contributed by atoms with Crippen molar-refractivity contribution in [1.29, 1.82) is 0 Å². The van der Waals surface area contributed by atoms with Gasteiger partial charge in [0.25, 0.3) is 0 Å². The molecule has 2 nitrogen and oxygen atoms in total. The van der Waals surface area contributed by atoms with Gasteiger partial charge < -0.3 is 4.74 Å². The Labute approximate surface area is 140 Å². The third kappa shape index (κ3) is 2.55. The molecule has 0 amide bonds. The molecule has 0 radical (unpaired) electrons. The van der Waals surface area contributed by atoms with E-state index in [1.807, 2.05) is 6.07 Å². The average Bonchev–Trinajstić information content (AvgIpc) is 2.94. The Balaban J connectivity index is 1.57. The maximum atomic E-state index is 6.34. The van der Waals surface area contributed by atoms with Crippen LogP contribution in [0.4, 0.5) is 0 Å². The van der Waals surface area contributed by atoms with E-state index in [9.17, 15) is 0 Å². The summed E-state index contributed by atoms with van der Waals surface area (Å²) in [5.41, 5.74) is 3.72. The van der Waals surface area contributed by atoms with E-state index in [4.69, 9.17) is 27.9 Å². The van der Waals surface area contributed by atoms with E-state index in [2.05, 4.69) is 41.3 Å². The molecule has 0 spiro atoms. The molecule has 1 fully saturated rings. The van der Waals surface area contributed by atoms with Gasteiger partial charge in [-0.05, 0) is 17.2 Å². The van der Waals surface area contributed by atoms with Gasteiger partial charge in [-0.15, -0.1) is 0 Å². The van der Waals surface area contributed by atoms with E-state index in [1.165, 1.54) is 11.1 Å². The third-order valence-electron chi connectivity index (χ3n) is 4.66. The van der Waals surface area contributed by atoms with Crippen molar-refractivity contribution < 1.29 is 4.74 Å². The van der Waals surface area contributed by atoms with E-state index in [1.54, 1.807) is 0 Å². The van der Waals surface area contributed by atoms with Crippen LogP contribution >= 0.6 is 23.2 Å². The number of nitrogens with zero attached hydrogens (tertiary/aromatic N) is 1. The summed E-state index contributed by atoms with van der Waals surface area (Å²) in [6, 6.07) is 14.6. The van der Waals surface area contributed by atoms with Gasteiger partial charge in [-0.2, -0.15) is 0 Å². The van der Waals surface area contributed by atoms with Crippen LogP contribution in [0.5, 0.6) is 0 Å². The van der Waals surface area contributed by atoms with Crippen molar-refractivity contribution in [2.24, 2.45) is 0 Å². The van der Waals surface area contributed by atoms with Crippen LogP contribution in [-0.4, -0.2) is 24.1 Å². The summed E-state index contributed by atoms with van der Waals surface area (Å²) in [6.07, 6.45) is 0.258. The largest absolute Gasteiger partial charge is 0.371 e. The molecule has 1 saturated heterocycles. The van der Waals surface area contributed by atoms with Crippen LogP contribution in [0.1, 0.15) is 22.6 Å². The first-order valence-electron chi connectivity index (χ1n) is 7.57. The summed E-state index contributed by atoms with van der Waals surface area (Å²) in [5.74, 6) is 0.391. The first-order chi connectivity index (χ1) is 10.7. The van der Waals surface area contributed by atoms with Crippen molar-refractivity contribution in [2.45, 2.75) is 25.2 Å². The first kappa shape index (κ1) is 14.5. The zero-order chi connectivity index (χ0) is 15.1. The summed E-state index contributed by atoms with van der Waals surface area (Å²) in [7, 11) is 0. The number of rotatable bonds is 2. The molecule has 0 N–H and O–H groups in total. The van der Waals surface area contributed by atoms with Gasteiger partial charge in [0, 0.05) is 31.1 Å². The molecule has 114 valence electrons. The summed E-state index contributed by atoms with van der Waals surface area (Å²) >= 11 is 12.5. The number of fused-ring (bicyclic) bond motifs is 3. The lowest BCUT2D eigenvalue weighted by atomic mass is 9.89. The maximum Gasteiger partial charge on any atom is 0.0787 e. The number of ether oxygens (including phenoxy) is 1. The highest BCUT2D eigenvalue weighted by atomic mass is 35.5. The Morgan fingerprint density at radius 3 is 2.68 bits per heavy atom. The molecule has 2 aromatic carbocycles. The van der Waals surface area contributed by atoms with E-state index < -0.39 is 0 Å². The second kappa shape index (κ2) is 5.86. The van der Waals surface area contributed by atoms with Crippen molar-refractivity contribution >= 4 is 23.2 Å². The number of hydrogen-bond donors (Lipinski definition) is 0. The normalized spacial score (nSPS) is 24.1. The molecular formula is C18H17Cl2NO. The molecule has 0 aliphatic carbocycles. The van der Waals surface area contributed by atoms with Crippen LogP contribution in [-0.2, 0) is 17.9 Å².